The van der Waals surface area contributed by atoms with Crippen LogP contribution >= 0.6 is 0 Å². The average Bonchev–Trinajstić information content (AvgIpc) is 3.37. The van der Waals surface area contributed by atoms with Crippen molar-refractivity contribution in [3.63, 3.8) is 0 Å². The van der Waals surface area contributed by atoms with Gasteiger partial charge in [0.2, 0.25) is 11.8 Å². The Morgan fingerprint density at radius 2 is 1.61 bits per heavy atom. The number of hydrogen-bond donors (Lipinski definition) is 2. The Kier molecular flexibility index (Phi) is 8.12. The molecule has 8 nitrogen and oxygen atoms in total. The van der Waals surface area contributed by atoms with Gasteiger partial charge in [-0.15, -0.1) is 0 Å². The molecule has 3 heterocycles. The largest absolute Gasteiger partial charge is 0.388 e. The van der Waals surface area contributed by atoms with Crippen LogP contribution in [0.4, 0.5) is 0 Å². The number of likely N-dealkylation sites (tertiary alicyclic amines) is 1. The van der Waals surface area contributed by atoms with Crippen molar-refractivity contribution in [1.82, 2.24) is 20.2 Å². The number of benzene rings is 2. The van der Waals surface area contributed by atoms with Gasteiger partial charge in [0.05, 0.1) is 18.8 Å². The molecule has 1 unspecified atom stereocenters. The smallest absolute Gasteiger partial charge is 0.246 e. The zero-order valence-electron chi connectivity index (χ0n) is 22.1. The summed E-state index contributed by atoms with van der Waals surface area (Å²) in [7, 11) is 0. The minimum absolute atomic E-state index is 0.0134. The van der Waals surface area contributed by atoms with Gasteiger partial charge in [-0.25, -0.2) is 5.01 Å². The van der Waals surface area contributed by atoms with E-state index in [1.165, 1.54) is 0 Å². The molecule has 3 aliphatic rings. The normalized spacial score (nSPS) is 22.5. The first-order chi connectivity index (χ1) is 18.4. The maximum atomic E-state index is 13.7. The van der Waals surface area contributed by atoms with E-state index in [0.29, 0.717) is 65.2 Å². The number of morpholine rings is 1. The van der Waals surface area contributed by atoms with E-state index in [0.717, 1.165) is 16.7 Å². The molecule has 0 spiro atoms. The van der Waals surface area contributed by atoms with Crippen LogP contribution in [0.2, 0.25) is 0 Å². The molecule has 2 saturated heterocycles. The van der Waals surface area contributed by atoms with E-state index in [1.54, 1.807) is 0 Å². The molecule has 202 valence electrons. The molecule has 3 aliphatic heterocycles. The van der Waals surface area contributed by atoms with E-state index in [-0.39, 0.29) is 17.7 Å². The van der Waals surface area contributed by atoms with Crippen LogP contribution in [0.15, 0.2) is 66.9 Å². The number of ether oxygens (including phenoxy) is 1. The van der Waals surface area contributed by atoms with Gasteiger partial charge in [0.15, 0.2) is 0 Å². The van der Waals surface area contributed by atoms with Crippen LogP contribution in [-0.4, -0.2) is 89.3 Å². The lowest BCUT2D eigenvalue weighted by Crippen LogP contribution is -2.58. The summed E-state index contributed by atoms with van der Waals surface area (Å²) < 4.78 is 5.46. The molecule has 0 aromatic heterocycles. The van der Waals surface area contributed by atoms with Crippen LogP contribution in [0.1, 0.15) is 43.2 Å². The van der Waals surface area contributed by atoms with E-state index < -0.39 is 11.6 Å². The molecular weight excluding hydrogens is 480 g/mol. The Bertz CT molecular complexity index is 1130. The maximum absolute atomic E-state index is 13.7. The van der Waals surface area contributed by atoms with E-state index in [9.17, 15) is 14.7 Å². The van der Waals surface area contributed by atoms with Crippen molar-refractivity contribution < 1.29 is 19.4 Å². The summed E-state index contributed by atoms with van der Waals surface area (Å²) in [5, 5.41) is 13.4. The van der Waals surface area contributed by atoms with Gasteiger partial charge in [-0.3, -0.25) is 9.59 Å². The van der Waals surface area contributed by atoms with E-state index in [4.69, 9.17) is 4.74 Å². The molecule has 38 heavy (non-hydrogen) atoms. The van der Waals surface area contributed by atoms with Crippen molar-refractivity contribution >= 4 is 17.4 Å². The number of nitrogens with zero attached hydrogens (tertiary/aromatic N) is 3. The van der Waals surface area contributed by atoms with Gasteiger partial charge >= 0.3 is 0 Å². The third kappa shape index (κ3) is 5.93. The van der Waals surface area contributed by atoms with Gasteiger partial charge in [-0.1, -0.05) is 67.6 Å². The standard InChI is InChI=1S/C30H38N4O4/c1-23(24-8-4-2-5-9-24)20-27(35)32-14-12-30(37,13-15-32)22-34-28(29(36)33-16-18-38-19-17-33)26(21-31-34)25-10-6-3-7-11-25/h2-11,21,23,28,31,37H,12-20,22H2,1H3/t23?,28-/m1/s1. The molecule has 2 fully saturated rings. The second kappa shape index (κ2) is 11.7. The molecule has 2 N–H and O–H groups in total. The summed E-state index contributed by atoms with van der Waals surface area (Å²) in [5.74, 6) is 0.281. The number of carbonyl (C=O) groups excluding carboxylic acids is 2. The lowest BCUT2D eigenvalue weighted by molar-refractivity contribution is -0.142. The van der Waals surface area contributed by atoms with Crippen LogP contribution in [-0.2, 0) is 14.3 Å². The van der Waals surface area contributed by atoms with Crippen molar-refractivity contribution in [1.29, 1.82) is 0 Å². The number of hydrogen-bond acceptors (Lipinski definition) is 6. The second-order valence-electron chi connectivity index (χ2n) is 10.7. The highest BCUT2D eigenvalue weighted by Crippen LogP contribution is 2.32. The fraction of sp³-hybridized carbons (Fsp3) is 0.467. The number of aliphatic hydroxyl groups is 1. The van der Waals surface area contributed by atoms with Gasteiger partial charge in [0.1, 0.15) is 6.04 Å². The third-order valence-electron chi connectivity index (χ3n) is 8.02. The Balaban J connectivity index is 1.23. The number of piperidine rings is 1. The van der Waals surface area contributed by atoms with Crippen LogP contribution < -0.4 is 5.43 Å². The Labute approximate surface area is 224 Å². The van der Waals surface area contributed by atoms with Gasteiger partial charge in [0, 0.05) is 50.9 Å². The molecule has 2 amide bonds. The summed E-state index contributed by atoms with van der Waals surface area (Å²) in [6.07, 6.45) is 3.27. The summed E-state index contributed by atoms with van der Waals surface area (Å²) in [4.78, 5) is 30.4. The number of amides is 2. The van der Waals surface area contributed by atoms with Crippen molar-refractivity contribution in [2.24, 2.45) is 0 Å². The fourth-order valence-electron chi connectivity index (χ4n) is 5.64. The molecular formula is C30H38N4O4. The Morgan fingerprint density at radius 1 is 0.974 bits per heavy atom. The zero-order chi connectivity index (χ0) is 26.5. The zero-order valence-corrected chi connectivity index (χ0v) is 22.1. The van der Waals surface area contributed by atoms with Gasteiger partial charge < -0.3 is 25.1 Å². The first kappa shape index (κ1) is 26.4. The molecule has 0 bridgehead atoms. The topological polar surface area (TPSA) is 85.4 Å². The molecule has 0 aliphatic carbocycles. The molecule has 0 saturated carbocycles. The maximum Gasteiger partial charge on any atom is 0.246 e. The quantitative estimate of drug-likeness (QED) is 0.586. The second-order valence-corrected chi connectivity index (χ2v) is 10.7. The molecule has 0 radical (unpaired) electrons. The van der Waals surface area contributed by atoms with Gasteiger partial charge in [0.25, 0.3) is 0 Å². The molecule has 8 heteroatoms. The predicted octanol–water partition coefficient (Wildman–Crippen LogP) is 2.62. The van der Waals surface area contributed by atoms with Crippen LogP contribution in [0.25, 0.3) is 5.57 Å². The van der Waals surface area contributed by atoms with E-state index >= 15 is 0 Å². The highest BCUT2D eigenvalue weighted by molar-refractivity contribution is 5.96. The molecule has 2 aromatic rings. The van der Waals surface area contributed by atoms with Crippen molar-refractivity contribution in [2.75, 3.05) is 45.9 Å². The number of nitrogens with one attached hydrogen (secondary N) is 1. The molecule has 2 aromatic carbocycles. The first-order valence-corrected chi connectivity index (χ1v) is 13.6. The van der Waals surface area contributed by atoms with Crippen LogP contribution in [0.3, 0.4) is 0 Å². The third-order valence-corrected chi connectivity index (χ3v) is 8.02. The summed E-state index contributed by atoms with van der Waals surface area (Å²) >= 11 is 0. The van der Waals surface area contributed by atoms with Crippen molar-refractivity contribution in [2.45, 2.75) is 43.7 Å². The number of rotatable bonds is 7. The van der Waals surface area contributed by atoms with Gasteiger partial charge in [-0.2, -0.15) is 0 Å². The highest BCUT2D eigenvalue weighted by atomic mass is 16.5. The summed E-state index contributed by atoms with van der Waals surface area (Å²) in [6, 6.07) is 19.5. The predicted molar refractivity (Wildman–Crippen MR) is 146 cm³/mol. The van der Waals surface area contributed by atoms with E-state index in [2.05, 4.69) is 24.5 Å². The highest BCUT2D eigenvalue weighted by Gasteiger charge is 2.43. The van der Waals surface area contributed by atoms with Crippen LogP contribution in [0.5, 0.6) is 0 Å². The fourth-order valence-corrected chi connectivity index (χ4v) is 5.64. The molecule has 2 atom stereocenters. The summed E-state index contributed by atoms with van der Waals surface area (Å²) in [5.41, 5.74) is 5.31. The summed E-state index contributed by atoms with van der Waals surface area (Å²) in [6.45, 7) is 5.58. The Morgan fingerprint density at radius 3 is 2.26 bits per heavy atom. The van der Waals surface area contributed by atoms with Gasteiger partial charge in [-0.05, 0) is 29.9 Å². The van der Waals surface area contributed by atoms with Crippen LogP contribution in [0, 0.1) is 0 Å². The number of carbonyl (C=O) groups is 2. The first-order valence-electron chi connectivity index (χ1n) is 13.6. The minimum atomic E-state index is -1.00. The monoisotopic (exact) mass is 518 g/mol. The molecule has 5 rings (SSSR count). The average molecular weight is 519 g/mol. The van der Waals surface area contributed by atoms with Crippen molar-refractivity contribution in [3.05, 3.63) is 78.0 Å². The van der Waals surface area contributed by atoms with Crippen molar-refractivity contribution in [3.8, 4) is 0 Å². The lowest BCUT2D eigenvalue weighted by Gasteiger charge is -2.42. The SMILES string of the molecule is CC(CC(=O)N1CCC(O)(CN2NC=C(c3ccccc3)[C@@H]2C(=O)N2CCOCC2)CC1)c1ccccc1. The van der Waals surface area contributed by atoms with E-state index in [1.807, 2.05) is 69.5 Å². The minimum Gasteiger partial charge on any atom is -0.388 e. The lowest BCUT2D eigenvalue weighted by atomic mass is 9.89. The number of β-amino-alcohol motifs (C(OH)–C–C–N with tert-alkyl or cyclic N) is 1. The Hall–Kier alpha value is -3.20. The number of hydrazine groups is 1.